The predicted octanol–water partition coefficient (Wildman–Crippen LogP) is 2.43. The third kappa shape index (κ3) is 1.76. The van der Waals surface area contributed by atoms with Crippen LogP contribution in [0.15, 0.2) is 11.8 Å². The van der Waals surface area contributed by atoms with Crippen LogP contribution in [-0.2, 0) is 0 Å². The van der Waals surface area contributed by atoms with Crippen molar-refractivity contribution in [3.63, 3.8) is 0 Å². The molecular weight excluding hydrogens is 122 g/mol. The van der Waals surface area contributed by atoms with E-state index in [0.29, 0.717) is 5.92 Å². The van der Waals surface area contributed by atoms with E-state index in [0.717, 1.165) is 5.70 Å². The van der Waals surface area contributed by atoms with E-state index in [1.54, 1.807) is 0 Å². The van der Waals surface area contributed by atoms with Crippen molar-refractivity contribution < 1.29 is 0 Å². The van der Waals surface area contributed by atoms with Crippen molar-refractivity contribution >= 4 is 0 Å². The Balaban J connectivity index is 2.39. The van der Waals surface area contributed by atoms with Crippen molar-refractivity contribution in [2.24, 2.45) is 11.7 Å². The van der Waals surface area contributed by atoms with Crippen LogP contribution in [0.5, 0.6) is 0 Å². The van der Waals surface area contributed by atoms with Crippen LogP contribution < -0.4 is 5.73 Å². The Labute approximate surface area is 63.3 Å². The van der Waals surface area contributed by atoms with Crippen LogP contribution in [0, 0.1) is 5.92 Å². The van der Waals surface area contributed by atoms with Gasteiger partial charge in [0.2, 0.25) is 0 Å². The monoisotopic (exact) mass is 139 g/mol. The van der Waals surface area contributed by atoms with Gasteiger partial charge in [-0.1, -0.05) is 25.3 Å². The summed E-state index contributed by atoms with van der Waals surface area (Å²) in [7, 11) is 0. The van der Waals surface area contributed by atoms with Crippen LogP contribution >= 0.6 is 0 Å². The Morgan fingerprint density at radius 3 is 2.40 bits per heavy atom. The lowest BCUT2D eigenvalue weighted by Crippen LogP contribution is -2.14. The van der Waals surface area contributed by atoms with Crippen LogP contribution in [0.2, 0.25) is 0 Å². The standard InChI is InChI=1S/C9H17N/c1-2-9(10)8-6-4-3-5-7-8/h2,8H,3-7,10H2,1H3. The molecule has 1 rings (SSSR count). The van der Waals surface area contributed by atoms with Crippen molar-refractivity contribution in [1.82, 2.24) is 0 Å². The largest absolute Gasteiger partial charge is 0.402 e. The van der Waals surface area contributed by atoms with Gasteiger partial charge in [0, 0.05) is 5.70 Å². The normalized spacial score (nSPS) is 23.1. The van der Waals surface area contributed by atoms with Crippen molar-refractivity contribution in [3.05, 3.63) is 11.8 Å². The highest BCUT2D eigenvalue weighted by Crippen LogP contribution is 2.26. The van der Waals surface area contributed by atoms with Gasteiger partial charge >= 0.3 is 0 Å². The van der Waals surface area contributed by atoms with Gasteiger partial charge in [-0.15, -0.1) is 0 Å². The smallest absolute Gasteiger partial charge is 0.00686 e. The maximum absolute atomic E-state index is 5.81. The molecule has 0 radical (unpaired) electrons. The molecule has 0 aliphatic heterocycles. The summed E-state index contributed by atoms with van der Waals surface area (Å²) in [6.45, 7) is 2.03. The molecule has 0 aromatic rings. The lowest BCUT2D eigenvalue weighted by atomic mass is 9.87. The summed E-state index contributed by atoms with van der Waals surface area (Å²) in [5, 5.41) is 0. The molecule has 0 amide bonds. The lowest BCUT2D eigenvalue weighted by Gasteiger charge is -2.21. The van der Waals surface area contributed by atoms with E-state index in [4.69, 9.17) is 5.73 Å². The number of allylic oxidation sites excluding steroid dienone is 2. The third-order valence-electron chi connectivity index (χ3n) is 2.41. The molecule has 0 saturated heterocycles. The van der Waals surface area contributed by atoms with Crippen LogP contribution in [0.3, 0.4) is 0 Å². The average Bonchev–Trinajstić information content (AvgIpc) is 2.05. The molecule has 10 heavy (non-hydrogen) atoms. The molecule has 0 aromatic heterocycles. The molecule has 0 unspecified atom stereocenters. The SMILES string of the molecule is CC=C(N)C1CCCCC1. The first-order valence-electron chi connectivity index (χ1n) is 4.26. The highest BCUT2D eigenvalue weighted by Gasteiger charge is 2.14. The first-order valence-corrected chi connectivity index (χ1v) is 4.26. The zero-order chi connectivity index (χ0) is 7.40. The van der Waals surface area contributed by atoms with Gasteiger partial charge in [-0.2, -0.15) is 0 Å². The highest BCUT2D eigenvalue weighted by molar-refractivity contribution is 5.00. The van der Waals surface area contributed by atoms with Gasteiger partial charge in [0.15, 0.2) is 0 Å². The molecule has 2 N–H and O–H groups in total. The zero-order valence-corrected chi connectivity index (χ0v) is 6.77. The fourth-order valence-electron chi connectivity index (χ4n) is 1.67. The zero-order valence-electron chi connectivity index (χ0n) is 6.77. The van der Waals surface area contributed by atoms with Gasteiger partial charge in [0.1, 0.15) is 0 Å². The average molecular weight is 139 g/mol. The van der Waals surface area contributed by atoms with Crippen molar-refractivity contribution in [1.29, 1.82) is 0 Å². The topological polar surface area (TPSA) is 26.0 Å². The minimum absolute atomic E-state index is 0.707. The Morgan fingerprint density at radius 2 is 1.90 bits per heavy atom. The second-order valence-electron chi connectivity index (χ2n) is 3.12. The van der Waals surface area contributed by atoms with Crippen LogP contribution in [0.25, 0.3) is 0 Å². The highest BCUT2D eigenvalue weighted by atomic mass is 14.6. The van der Waals surface area contributed by atoms with E-state index >= 15 is 0 Å². The van der Waals surface area contributed by atoms with Crippen molar-refractivity contribution in [3.8, 4) is 0 Å². The summed E-state index contributed by atoms with van der Waals surface area (Å²) in [6, 6.07) is 0. The Kier molecular flexibility index (Phi) is 2.79. The summed E-state index contributed by atoms with van der Waals surface area (Å²) in [5.74, 6) is 0.707. The minimum Gasteiger partial charge on any atom is -0.402 e. The molecule has 0 atom stereocenters. The van der Waals surface area contributed by atoms with Gasteiger partial charge < -0.3 is 5.73 Å². The maximum atomic E-state index is 5.81. The predicted molar refractivity (Wildman–Crippen MR) is 44.5 cm³/mol. The Hall–Kier alpha value is -0.460. The first-order chi connectivity index (χ1) is 4.84. The summed E-state index contributed by atoms with van der Waals surface area (Å²) < 4.78 is 0. The van der Waals surface area contributed by atoms with Crippen LogP contribution in [0.1, 0.15) is 39.0 Å². The molecule has 1 nitrogen and oxygen atoms in total. The van der Waals surface area contributed by atoms with Gasteiger partial charge in [-0.3, -0.25) is 0 Å². The molecule has 1 fully saturated rings. The second-order valence-corrected chi connectivity index (χ2v) is 3.12. The molecule has 58 valence electrons. The van der Waals surface area contributed by atoms with Crippen molar-refractivity contribution in [2.45, 2.75) is 39.0 Å². The van der Waals surface area contributed by atoms with Gasteiger partial charge in [-0.05, 0) is 25.7 Å². The van der Waals surface area contributed by atoms with Crippen LogP contribution in [0.4, 0.5) is 0 Å². The van der Waals surface area contributed by atoms with E-state index < -0.39 is 0 Å². The molecular formula is C9H17N. The quantitative estimate of drug-likeness (QED) is 0.593. The summed E-state index contributed by atoms with van der Waals surface area (Å²) in [5.41, 5.74) is 6.92. The fraction of sp³-hybridized carbons (Fsp3) is 0.778. The third-order valence-corrected chi connectivity index (χ3v) is 2.41. The minimum atomic E-state index is 0.707. The molecule has 0 spiro atoms. The number of nitrogens with two attached hydrogens (primary N) is 1. The Morgan fingerprint density at radius 1 is 1.30 bits per heavy atom. The Bertz CT molecular complexity index is 121. The van der Waals surface area contributed by atoms with Gasteiger partial charge in [0.25, 0.3) is 0 Å². The molecule has 0 heterocycles. The van der Waals surface area contributed by atoms with E-state index in [9.17, 15) is 0 Å². The van der Waals surface area contributed by atoms with Gasteiger partial charge in [0.05, 0.1) is 0 Å². The van der Waals surface area contributed by atoms with Gasteiger partial charge in [-0.25, -0.2) is 0 Å². The lowest BCUT2D eigenvalue weighted by molar-refractivity contribution is 0.400. The van der Waals surface area contributed by atoms with E-state index in [2.05, 4.69) is 6.08 Å². The number of hydrogen-bond acceptors (Lipinski definition) is 1. The molecule has 1 aliphatic carbocycles. The summed E-state index contributed by atoms with van der Waals surface area (Å²) in [6.07, 6.45) is 8.84. The van der Waals surface area contributed by atoms with E-state index in [1.807, 2.05) is 6.92 Å². The second kappa shape index (κ2) is 3.65. The van der Waals surface area contributed by atoms with E-state index in [-0.39, 0.29) is 0 Å². The van der Waals surface area contributed by atoms with Crippen molar-refractivity contribution in [2.75, 3.05) is 0 Å². The molecule has 1 saturated carbocycles. The summed E-state index contributed by atoms with van der Waals surface area (Å²) in [4.78, 5) is 0. The maximum Gasteiger partial charge on any atom is 0.00686 e. The number of rotatable bonds is 1. The molecule has 0 bridgehead atoms. The molecule has 1 aliphatic rings. The fourth-order valence-corrected chi connectivity index (χ4v) is 1.67. The van der Waals surface area contributed by atoms with E-state index in [1.165, 1.54) is 32.1 Å². The summed E-state index contributed by atoms with van der Waals surface area (Å²) >= 11 is 0. The number of hydrogen-bond donors (Lipinski definition) is 1. The van der Waals surface area contributed by atoms with Crippen LogP contribution in [-0.4, -0.2) is 0 Å². The first kappa shape index (κ1) is 7.64. The molecule has 0 aromatic carbocycles. The molecule has 1 heteroatoms.